The molecule has 0 saturated carbocycles. The fourth-order valence-corrected chi connectivity index (χ4v) is 3.77. The van der Waals surface area contributed by atoms with Crippen LogP contribution in [-0.2, 0) is 16.4 Å². The van der Waals surface area contributed by atoms with Gasteiger partial charge in [0.2, 0.25) is 10.0 Å². The van der Waals surface area contributed by atoms with Crippen molar-refractivity contribution < 1.29 is 33.3 Å². The molecule has 194 valence electrons. The highest BCUT2D eigenvalue weighted by molar-refractivity contribution is 7.89. The van der Waals surface area contributed by atoms with Crippen molar-refractivity contribution in [1.82, 2.24) is 0 Å². The summed E-state index contributed by atoms with van der Waals surface area (Å²) in [7, 11) is -4.19. The number of aromatic hydroxyl groups is 2. The molecule has 3 rings (SSSR count). The summed E-state index contributed by atoms with van der Waals surface area (Å²) in [5, 5.41) is 35.5. The van der Waals surface area contributed by atoms with E-state index in [4.69, 9.17) is 25.8 Å². The normalized spacial score (nSPS) is 10.8. The number of unbranched alkanes of at least 4 members (excludes halogenated alkanes) is 1. The molecule has 0 heterocycles. The van der Waals surface area contributed by atoms with Crippen molar-refractivity contribution in [3.63, 3.8) is 0 Å². The van der Waals surface area contributed by atoms with Crippen molar-refractivity contribution in [3.05, 3.63) is 71.8 Å². The Kier molecular flexibility index (Phi) is 10.5. The number of benzene rings is 3. The van der Waals surface area contributed by atoms with Crippen LogP contribution in [0, 0.1) is 0 Å². The Bertz CT molecular complexity index is 1270. The Morgan fingerprint density at radius 3 is 2.28 bits per heavy atom. The first-order valence-corrected chi connectivity index (χ1v) is 12.7. The highest BCUT2D eigenvalue weighted by atomic mass is 32.2. The number of nitrogens with two attached hydrogens (primary N) is 2. The van der Waals surface area contributed by atoms with Gasteiger partial charge in [-0.2, -0.15) is 0 Å². The van der Waals surface area contributed by atoms with E-state index in [9.17, 15) is 18.3 Å². The first-order valence-electron chi connectivity index (χ1n) is 11.2. The molecular weight excluding hydrogens is 486 g/mol. The molecular formula is C25H31N3O7S. The number of nitrogens with one attached hydrogen (secondary N) is 1. The van der Waals surface area contributed by atoms with Gasteiger partial charge in [0.05, 0.1) is 11.3 Å². The van der Waals surface area contributed by atoms with Crippen molar-refractivity contribution in [2.45, 2.75) is 31.1 Å². The van der Waals surface area contributed by atoms with Crippen molar-refractivity contribution in [3.8, 4) is 23.0 Å². The number of para-hydroxylation sites is 1. The van der Waals surface area contributed by atoms with Crippen molar-refractivity contribution >= 4 is 21.7 Å². The van der Waals surface area contributed by atoms with Gasteiger partial charge >= 0.3 is 5.97 Å². The standard InChI is InChI=1S/C17H20N2O5S.C8H11NO2/c1-2-3-9-19-14-10-12(17(20)21)11-15(25(18,22)23)16(14)24-13-7-5-4-6-8-13;9-4-3-6-1-2-7(10)8(11)5-6/h4-8,10-11,19H,2-3,9H2,1H3,(H,20,21)(H2,18,22,23);1-2,5,10-11H,3-4,9H2. The average Bonchev–Trinajstić information content (AvgIpc) is 2.83. The second-order valence-corrected chi connectivity index (χ2v) is 9.29. The minimum Gasteiger partial charge on any atom is -0.504 e. The molecule has 11 heteroatoms. The van der Waals surface area contributed by atoms with Gasteiger partial charge in [-0.3, -0.25) is 0 Å². The third-order valence-corrected chi connectivity index (χ3v) is 5.81. The molecule has 0 atom stereocenters. The number of sulfonamides is 1. The monoisotopic (exact) mass is 517 g/mol. The van der Waals surface area contributed by atoms with Gasteiger partial charge in [0.25, 0.3) is 0 Å². The van der Waals surface area contributed by atoms with Crippen LogP contribution < -0.4 is 20.9 Å². The highest BCUT2D eigenvalue weighted by Crippen LogP contribution is 2.37. The Hall–Kier alpha value is -3.80. The molecule has 0 spiro atoms. The van der Waals surface area contributed by atoms with E-state index in [-0.39, 0.29) is 33.4 Å². The zero-order valence-corrected chi connectivity index (χ0v) is 20.7. The van der Waals surface area contributed by atoms with E-state index in [0.717, 1.165) is 24.5 Å². The number of carboxylic acids is 1. The summed E-state index contributed by atoms with van der Waals surface area (Å²) >= 11 is 0. The maximum atomic E-state index is 12.0. The Labute approximate surface area is 210 Å². The van der Waals surface area contributed by atoms with E-state index < -0.39 is 16.0 Å². The summed E-state index contributed by atoms with van der Waals surface area (Å²) in [6.07, 6.45) is 2.46. The first-order chi connectivity index (χ1) is 17.1. The molecule has 8 N–H and O–H groups in total. The van der Waals surface area contributed by atoms with E-state index in [1.807, 2.05) is 6.92 Å². The molecule has 0 bridgehead atoms. The van der Waals surface area contributed by atoms with Gasteiger partial charge in [0, 0.05) is 6.54 Å². The van der Waals surface area contributed by atoms with Gasteiger partial charge in [-0.15, -0.1) is 0 Å². The zero-order valence-electron chi connectivity index (χ0n) is 19.8. The summed E-state index contributed by atoms with van der Waals surface area (Å²) in [5.41, 5.74) is 6.31. The Morgan fingerprint density at radius 2 is 1.72 bits per heavy atom. The van der Waals surface area contributed by atoms with Crippen molar-refractivity contribution in [1.29, 1.82) is 0 Å². The lowest BCUT2D eigenvalue weighted by Crippen LogP contribution is -2.16. The van der Waals surface area contributed by atoms with E-state index in [2.05, 4.69) is 5.32 Å². The van der Waals surface area contributed by atoms with Crippen LogP contribution in [0.4, 0.5) is 5.69 Å². The van der Waals surface area contributed by atoms with Gasteiger partial charge in [-0.05, 0) is 61.3 Å². The van der Waals surface area contributed by atoms with Crippen LogP contribution in [0.1, 0.15) is 35.7 Å². The zero-order chi connectivity index (χ0) is 26.7. The van der Waals surface area contributed by atoms with Crippen LogP contribution in [0.2, 0.25) is 0 Å². The van der Waals surface area contributed by atoms with E-state index in [1.165, 1.54) is 18.2 Å². The summed E-state index contributed by atoms with van der Waals surface area (Å²) < 4.78 is 29.7. The smallest absolute Gasteiger partial charge is 0.335 e. The van der Waals surface area contributed by atoms with E-state index >= 15 is 0 Å². The van der Waals surface area contributed by atoms with Crippen LogP contribution in [0.25, 0.3) is 0 Å². The largest absolute Gasteiger partial charge is 0.504 e. The summed E-state index contributed by atoms with van der Waals surface area (Å²) in [4.78, 5) is 10.9. The predicted octanol–water partition coefficient (Wildman–Crippen LogP) is 3.64. The number of phenolic OH excluding ortho intramolecular Hbond substituents is 2. The van der Waals surface area contributed by atoms with Gasteiger partial charge in [0.15, 0.2) is 17.2 Å². The first kappa shape index (κ1) is 28.4. The molecule has 0 amide bonds. The summed E-state index contributed by atoms with van der Waals surface area (Å²) in [5.74, 6) is -1.04. The van der Waals surface area contributed by atoms with Crippen LogP contribution >= 0.6 is 0 Å². The predicted molar refractivity (Wildman–Crippen MR) is 137 cm³/mol. The van der Waals surface area contributed by atoms with E-state index in [0.29, 0.717) is 25.3 Å². The maximum Gasteiger partial charge on any atom is 0.335 e. The second kappa shape index (κ2) is 13.3. The van der Waals surface area contributed by atoms with Crippen LogP contribution in [-0.4, -0.2) is 42.8 Å². The Morgan fingerprint density at radius 1 is 1.03 bits per heavy atom. The quantitative estimate of drug-likeness (QED) is 0.172. The molecule has 36 heavy (non-hydrogen) atoms. The molecule has 0 aliphatic heterocycles. The summed E-state index contributed by atoms with van der Waals surface area (Å²) in [6.45, 7) is 3.09. The molecule has 0 aliphatic rings. The SMILES string of the molecule is CCCCNc1cc(C(=O)O)cc(S(N)(=O)=O)c1Oc1ccccc1.NCCc1ccc(O)c(O)c1. The number of aromatic carboxylic acids is 1. The van der Waals surface area contributed by atoms with Gasteiger partial charge in [-0.1, -0.05) is 37.6 Å². The molecule has 0 unspecified atom stereocenters. The molecule has 0 radical (unpaired) electrons. The van der Waals surface area contributed by atoms with Crippen LogP contribution in [0.15, 0.2) is 65.6 Å². The fraction of sp³-hybridized carbons (Fsp3) is 0.240. The molecule has 0 saturated heterocycles. The molecule has 0 aliphatic carbocycles. The lowest BCUT2D eigenvalue weighted by molar-refractivity contribution is 0.0696. The van der Waals surface area contributed by atoms with Gasteiger partial charge < -0.3 is 31.1 Å². The number of carboxylic acid groups (broad SMARTS) is 1. The van der Waals surface area contributed by atoms with E-state index in [1.54, 1.807) is 36.4 Å². The fourth-order valence-electron chi connectivity index (χ4n) is 3.07. The minimum absolute atomic E-state index is 0.0187. The van der Waals surface area contributed by atoms with Crippen LogP contribution in [0.5, 0.6) is 23.0 Å². The lowest BCUT2D eigenvalue weighted by Gasteiger charge is -2.17. The number of primary sulfonamides is 1. The maximum absolute atomic E-state index is 12.0. The lowest BCUT2D eigenvalue weighted by atomic mass is 10.1. The van der Waals surface area contributed by atoms with Crippen molar-refractivity contribution in [2.24, 2.45) is 10.9 Å². The highest BCUT2D eigenvalue weighted by Gasteiger charge is 2.23. The number of anilines is 1. The third kappa shape index (κ3) is 8.45. The molecule has 0 aromatic heterocycles. The van der Waals surface area contributed by atoms with Gasteiger partial charge in [0.1, 0.15) is 10.6 Å². The Balaban J connectivity index is 0.000000346. The molecule has 3 aromatic rings. The molecule has 3 aromatic carbocycles. The second-order valence-electron chi connectivity index (χ2n) is 7.76. The number of ether oxygens (including phenoxy) is 1. The third-order valence-electron chi connectivity index (χ3n) is 4.89. The molecule has 0 fully saturated rings. The van der Waals surface area contributed by atoms with Gasteiger partial charge in [-0.25, -0.2) is 18.4 Å². The van der Waals surface area contributed by atoms with Crippen LogP contribution in [0.3, 0.4) is 0 Å². The number of phenols is 2. The average molecular weight is 518 g/mol. The number of hydrogen-bond acceptors (Lipinski definition) is 8. The summed E-state index contributed by atoms with van der Waals surface area (Å²) in [6, 6.07) is 15.6. The topological polar surface area (TPSA) is 185 Å². The number of carbonyl (C=O) groups is 1. The molecule has 10 nitrogen and oxygen atoms in total. The number of rotatable bonds is 10. The van der Waals surface area contributed by atoms with Crippen molar-refractivity contribution in [2.75, 3.05) is 18.4 Å². The number of hydrogen-bond donors (Lipinski definition) is 6. The minimum atomic E-state index is -4.19.